The quantitative estimate of drug-likeness (QED) is 0.345. The Bertz CT molecular complexity index is 795. The molecule has 1 aromatic carbocycles. The molecule has 1 aliphatic rings. The van der Waals surface area contributed by atoms with Gasteiger partial charge in [-0.2, -0.15) is 0 Å². The number of aryl methyl sites for hydroxylation is 1. The highest BCUT2D eigenvalue weighted by Crippen LogP contribution is 2.10. The fraction of sp³-hybridized carbons (Fsp3) is 0.609. The van der Waals surface area contributed by atoms with Crippen molar-refractivity contribution in [3.05, 3.63) is 42.0 Å². The summed E-state index contributed by atoms with van der Waals surface area (Å²) in [5.41, 5.74) is 1.24. The van der Waals surface area contributed by atoms with Crippen molar-refractivity contribution >= 4 is 11.6 Å². The molecule has 0 radical (unpaired) electrons. The predicted molar refractivity (Wildman–Crippen MR) is 128 cm³/mol. The van der Waals surface area contributed by atoms with Crippen LogP contribution in [0.5, 0.6) is 0 Å². The molecule has 8 nitrogen and oxygen atoms in total. The molecular formula is C23H38N8. The van der Waals surface area contributed by atoms with E-state index in [9.17, 15) is 0 Å². The van der Waals surface area contributed by atoms with Gasteiger partial charge in [0.15, 0.2) is 11.8 Å². The minimum atomic E-state index is 0.514. The van der Waals surface area contributed by atoms with Crippen LogP contribution < -0.4 is 15.5 Å². The summed E-state index contributed by atoms with van der Waals surface area (Å²) in [4.78, 5) is 9.58. The van der Waals surface area contributed by atoms with Crippen LogP contribution >= 0.6 is 0 Å². The van der Waals surface area contributed by atoms with Crippen LogP contribution in [0.15, 0.2) is 35.3 Å². The minimum absolute atomic E-state index is 0.514. The molecule has 31 heavy (non-hydrogen) atoms. The van der Waals surface area contributed by atoms with E-state index < -0.39 is 0 Å². The molecular weight excluding hydrogens is 388 g/mol. The lowest BCUT2D eigenvalue weighted by molar-refractivity contribution is 0.232. The van der Waals surface area contributed by atoms with E-state index in [1.54, 1.807) is 0 Å². The number of nitrogens with one attached hydrogen (secondary N) is 2. The molecule has 0 atom stereocenters. The zero-order chi connectivity index (χ0) is 21.9. The summed E-state index contributed by atoms with van der Waals surface area (Å²) in [6.45, 7) is 8.70. The Morgan fingerprint density at radius 3 is 2.52 bits per heavy atom. The van der Waals surface area contributed by atoms with Gasteiger partial charge in [0.25, 0.3) is 0 Å². The van der Waals surface area contributed by atoms with E-state index in [4.69, 9.17) is 4.99 Å². The number of guanidine groups is 1. The fourth-order valence-electron chi connectivity index (χ4n) is 3.76. The summed E-state index contributed by atoms with van der Waals surface area (Å²) in [5.74, 6) is 2.63. The molecule has 3 rings (SSSR count). The van der Waals surface area contributed by atoms with E-state index in [-0.39, 0.29) is 0 Å². The van der Waals surface area contributed by atoms with Gasteiger partial charge in [-0.05, 0) is 51.4 Å². The number of aromatic nitrogens is 3. The SMILES string of the molecule is Cc1nnc(CN=C(NCCCN(C)c2ccccc2)NCCN2CCCCC2)n1C. The van der Waals surface area contributed by atoms with E-state index in [0.29, 0.717) is 6.54 Å². The molecule has 1 aliphatic heterocycles. The maximum absolute atomic E-state index is 4.76. The summed E-state index contributed by atoms with van der Waals surface area (Å²) < 4.78 is 1.99. The second-order valence-corrected chi connectivity index (χ2v) is 8.25. The van der Waals surface area contributed by atoms with Crippen LogP contribution in [-0.4, -0.2) is 71.9 Å². The Labute approximate surface area is 186 Å². The molecule has 0 amide bonds. The molecule has 0 spiro atoms. The average Bonchev–Trinajstić information content (AvgIpc) is 3.13. The normalized spacial score (nSPS) is 15.1. The summed E-state index contributed by atoms with van der Waals surface area (Å²) in [7, 11) is 4.12. The van der Waals surface area contributed by atoms with Gasteiger partial charge in [0, 0.05) is 46.0 Å². The standard InChI is InChI=1S/C23H38N8/c1-20-27-28-22(30(20)3)19-26-23(25-14-18-31-16-8-5-9-17-31)24-13-10-15-29(2)21-11-6-4-7-12-21/h4,6-7,11-12H,5,8-10,13-19H2,1-3H3,(H2,24,25,26). The monoisotopic (exact) mass is 426 g/mol. The van der Waals surface area contributed by atoms with Gasteiger partial charge in [0.2, 0.25) is 0 Å². The number of nitrogens with zero attached hydrogens (tertiary/aromatic N) is 6. The van der Waals surface area contributed by atoms with Crippen molar-refractivity contribution in [1.82, 2.24) is 30.3 Å². The van der Waals surface area contributed by atoms with Crippen LogP contribution in [-0.2, 0) is 13.6 Å². The summed E-state index contributed by atoms with van der Waals surface area (Å²) in [5, 5.41) is 15.4. The second kappa shape index (κ2) is 12.3. The lowest BCUT2D eigenvalue weighted by Gasteiger charge is -2.26. The Morgan fingerprint density at radius 2 is 1.81 bits per heavy atom. The van der Waals surface area contributed by atoms with Crippen LogP contribution in [0.25, 0.3) is 0 Å². The minimum Gasteiger partial charge on any atom is -0.375 e. The molecule has 1 aromatic heterocycles. The van der Waals surface area contributed by atoms with Crippen molar-refractivity contribution in [2.24, 2.45) is 12.0 Å². The van der Waals surface area contributed by atoms with E-state index >= 15 is 0 Å². The Kier molecular flexibility index (Phi) is 9.15. The molecule has 2 heterocycles. The maximum Gasteiger partial charge on any atom is 0.191 e. The van der Waals surface area contributed by atoms with E-state index in [2.05, 4.69) is 68.0 Å². The van der Waals surface area contributed by atoms with E-state index in [1.165, 1.54) is 38.0 Å². The third-order valence-electron chi connectivity index (χ3n) is 5.89. The highest BCUT2D eigenvalue weighted by molar-refractivity contribution is 5.79. The van der Waals surface area contributed by atoms with Gasteiger partial charge < -0.3 is 25.0 Å². The molecule has 2 N–H and O–H groups in total. The van der Waals surface area contributed by atoms with Crippen molar-refractivity contribution in [3.63, 3.8) is 0 Å². The molecule has 1 saturated heterocycles. The molecule has 0 saturated carbocycles. The van der Waals surface area contributed by atoms with Gasteiger partial charge in [0.1, 0.15) is 12.4 Å². The number of hydrogen-bond acceptors (Lipinski definition) is 5. The van der Waals surface area contributed by atoms with Gasteiger partial charge in [-0.3, -0.25) is 0 Å². The molecule has 2 aromatic rings. The van der Waals surface area contributed by atoms with Gasteiger partial charge >= 0.3 is 0 Å². The number of piperidine rings is 1. The first-order valence-electron chi connectivity index (χ1n) is 11.5. The maximum atomic E-state index is 4.76. The molecule has 170 valence electrons. The third-order valence-corrected chi connectivity index (χ3v) is 5.89. The molecule has 8 heteroatoms. The first kappa shape index (κ1) is 23.1. The summed E-state index contributed by atoms with van der Waals surface area (Å²) in [6.07, 6.45) is 5.04. The van der Waals surface area contributed by atoms with Crippen LogP contribution in [0.1, 0.15) is 37.3 Å². The first-order chi connectivity index (χ1) is 15.1. The first-order valence-corrected chi connectivity index (χ1v) is 11.5. The highest BCUT2D eigenvalue weighted by atomic mass is 15.3. The molecule has 0 aliphatic carbocycles. The number of para-hydroxylation sites is 1. The van der Waals surface area contributed by atoms with Gasteiger partial charge in [-0.15, -0.1) is 10.2 Å². The largest absolute Gasteiger partial charge is 0.375 e. The lowest BCUT2D eigenvalue weighted by Crippen LogP contribution is -2.43. The average molecular weight is 427 g/mol. The zero-order valence-electron chi connectivity index (χ0n) is 19.3. The van der Waals surface area contributed by atoms with Gasteiger partial charge in [-0.25, -0.2) is 4.99 Å². The van der Waals surface area contributed by atoms with Crippen LogP contribution in [0.3, 0.4) is 0 Å². The Balaban J connectivity index is 1.47. The van der Waals surface area contributed by atoms with E-state index in [1.807, 2.05) is 18.5 Å². The third kappa shape index (κ3) is 7.54. The van der Waals surface area contributed by atoms with Crippen molar-refractivity contribution in [2.75, 3.05) is 51.2 Å². The predicted octanol–water partition coefficient (Wildman–Crippen LogP) is 2.17. The van der Waals surface area contributed by atoms with Crippen molar-refractivity contribution < 1.29 is 0 Å². The van der Waals surface area contributed by atoms with Crippen LogP contribution in [0, 0.1) is 6.92 Å². The summed E-state index contributed by atoms with van der Waals surface area (Å²) >= 11 is 0. The zero-order valence-corrected chi connectivity index (χ0v) is 19.3. The van der Waals surface area contributed by atoms with Gasteiger partial charge in [-0.1, -0.05) is 24.6 Å². The Hall–Kier alpha value is -2.61. The summed E-state index contributed by atoms with van der Waals surface area (Å²) in [6, 6.07) is 10.5. The molecule has 0 unspecified atom stereocenters. The highest BCUT2D eigenvalue weighted by Gasteiger charge is 2.10. The molecule has 1 fully saturated rings. The lowest BCUT2D eigenvalue weighted by atomic mass is 10.1. The Morgan fingerprint density at radius 1 is 1.06 bits per heavy atom. The van der Waals surface area contributed by atoms with Crippen LogP contribution in [0.2, 0.25) is 0 Å². The number of benzene rings is 1. The number of likely N-dealkylation sites (tertiary alicyclic amines) is 1. The van der Waals surface area contributed by atoms with Gasteiger partial charge in [0.05, 0.1) is 0 Å². The second-order valence-electron chi connectivity index (χ2n) is 8.25. The number of hydrogen-bond donors (Lipinski definition) is 2. The number of anilines is 1. The number of rotatable bonds is 10. The van der Waals surface area contributed by atoms with Crippen molar-refractivity contribution in [1.29, 1.82) is 0 Å². The molecule has 0 bridgehead atoms. The topological polar surface area (TPSA) is 73.6 Å². The smallest absolute Gasteiger partial charge is 0.191 e. The fourth-order valence-corrected chi connectivity index (χ4v) is 3.76. The number of aliphatic imine (C=N–C) groups is 1. The van der Waals surface area contributed by atoms with Crippen molar-refractivity contribution in [3.8, 4) is 0 Å². The van der Waals surface area contributed by atoms with Crippen molar-refractivity contribution in [2.45, 2.75) is 39.2 Å². The van der Waals surface area contributed by atoms with E-state index in [0.717, 1.165) is 50.2 Å². The van der Waals surface area contributed by atoms with Crippen LogP contribution in [0.4, 0.5) is 5.69 Å².